The minimum atomic E-state index is -0.478. The van der Waals surface area contributed by atoms with Gasteiger partial charge in [0.2, 0.25) is 11.8 Å². The van der Waals surface area contributed by atoms with Gasteiger partial charge < -0.3 is 15.8 Å². The zero-order valence-corrected chi connectivity index (χ0v) is 24.7. The third-order valence-electron chi connectivity index (χ3n) is 7.76. The molecule has 0 radical (unpaired) electrons. The molecule has 3 N–H and O–H groups in total. The number of nitrogens with one attached hydrogen (secondary N) is 1. The second kappa shape index (κ2) is 11.8. The largest absolute Gasteiger partial charge is 0.487 e. The molecule has 0 bridgehead atoms. The van der Waals surface area contributed by atoms with Crippen LogP contribution in [0.4, 0.5) is 0 Å². The van der Waals surface area contributed by atoms with Crippen molar-refractivity contribution in [3.63, 3.8) is 0 Å². The number of para-hydroxylation sites is 1. The van der Waals surface area contributed by atoms with E-state index in [-0.39, 0.29) is 46.7 Å². The van der Waals surface area contributed by atoms with Crippen molar-refractivity contribution in [2.45, 2.75) is 85.4 Å². The fourth-order valence-corrected chi connectivity index (χ4v) is 5.58. The highest BCUT2D eigenvalue weighted by Gasteiger charge is 2.63. The number of hydrogen-bond donors (Lipinski definition) is 2. The van der Waals surface area contributed by atoms with E-state index in [2.05, 4.69) is 29.1 Å². The predicted molar refractivity (Wildman–Crippen MR) is 155 cm³/mol. The van der Waals surface area contributed by atoms with Gasteiger partial charge in [-0.2, -0.15) is 0 Å². The highest BCUT2D eigenvalue weighted by atomic mass is 16.5. The number of rotatable bonds is 4. The van der Waals surface area contributed by atoms with Gasteiger partial charge in [0, 0.05) is 42.3 Å². The molecule has 212 valence electrons. The highest BCUT2D eigenvalue weighted by Crippen LogP contribution is 2.59. The molecule has 1 aromatic carbocycles. The van der Waals surface area contributed by atoms with E-state index in [1.54, 1.807) is 17.3 Å². The summed E-state index contributed by atoms with van der Waals surface area (Å²) in [7, 11) is 0. The number of fused-ring (bicyclic) bond motifs is 1. The maximum absolute atomic E-state index is 13.3. The fourth-order valence-electron chi connectivity index (χ4n) is 5.58. The van der Waals surface area contributed by atoms with Crippen molar-refractivity contribution in [1.29, 1.82) is 0 Å². The maximum atomic E-state index is 13.3. The molecule has 8 nitrogen and oxygen atoms in total. The molecular formula is C31H45N5O3. The van der Waals surface area contributed by atoms with Gasteiger partial charge in [-0.25, -0.2) is 4.99 Å². The summed E-state index contributed by atoms with van der Waals surface area (Å²) in [4.78, 5) is 35.8. The number of nitrogens with zero attached hydrogens (tertiary/aromatic N) is 3. The lowest BCUT2D eigenvalue weighted by molar-refractivity contribution is -0.131. The first kappa shape index (κ1) is 30.1. The lowest BCUT2D eigenvalue weighted by Gasteiger charge is -2.38. The Balaban J connectivity index is 0.000000457. The second-order valence-electron chi connectivity index (χ2n) is 11.9. The zero-order valence-electron chi connectivity index (χ0n) is 24.7. The molecule has 2 aromatic rings. The van der Waals surface area contributed by atoms with Crippen LogP contribution < -0.4 is 15.8 Å². The Hall–Kier alpha value is -3.42. The van der Waals surface area contributed by atoms with Crippen LogP contribution in [0, 0.1) is 17.3 Å². The van der Waals surface area contributed by atoms with Gasteiger partial charge in [0.1, 0.15) is 11.4 Å². The molecule has 4 atom stereocenters. The Morgan fingerprint density at radius 3 is 2.28 bits per heavy atom. The number of aliphatic imine (C=N–C) groups is 1. The molecule has 1 saturated carbocycles. The molecule has 2 aliphatic heterocycles. The summed E-state index contributed by atoms with van der Waals surface area (Å²) >= 11 is 0. The molecule has 1 fully saturated rings. The lowest BCUT2D eigenvalue weighted by atomic mass is 9.89. The summed E-state index contributed by atoms with van der Waals surface area (Å²) in [6.45, 7) is 16.4. The van der Waals surface area contributed by atoms with E-state index >= 15 is 0 Å². The average Bonchev–Trinajstić information content (AvgIpc) is 3.42. The molecule has 3 heterocycles. The van der Waals surface area contributed by atoms with Gasteiger partial charge in [-0.05, 0) is 51.8 Å². The maximum Gasteiger partial charge on any atom is 0.231 e. The van der Waals surface area contributed by atoms with Crippen LogP contribution in [0.25, 0.3) is 0 Å². The van der Waals surface area contributed by atoms with E-state index in [9.17, 15) is 9.59 Å². The number of guanidine groups is 1. The molecule has 0 saturated heterocycles. The number of ether oxygens (including phenoxy) is 1. The van der Waals surface area contributed by atoms with E-state index in [1.165, 1.54) is 0 Å². The van der Waals surface area contributed by atoms with Crippen LogP contribution in [0.15, 0.2) is 59.9 Å². The van der Waals surface area contributed by atoms with E-state index in [0.29, 0.717) is 19.4 Å². The standard InChI is InChI=1S/C24H34N4O3.C5H5N.C2H6/c1-14-19(24(14,6)13-28-18(29)12-22(2,3)27-21(28)25)20(30)26-16-11-23(4,5)31-17-10-8-7-9-15(16)17;1-2-4-6-5-3-1;1-2/h7-10,14,16,19H,11-13H2,1-6H3,(H2,25,27)(H,26,30);1-5H;1-2H3/t14?,16-,19?,24-;;/m0../s1. The monoisotopic (exact) mass is 535 g/mol. The number of nitrogens with two attached hydrogens (primary N) is 1. The van der Waals surface area contributed by atoms with Crippen LogP contribution in [0.3, 0.4) is 0 Å². The normalized spacial score (nSPS) is 27.7. The minimum absolute atomic E-state index is 0.0211. The van der Waals surface area contributed by atoms with Crippen molar-refractivity contribution in [3.05, 3.63) is 60.4 Å². The number of carbonyl (C=O) groups excluding carboxylic acids is 2. The van der Waals surface area contributed by atoms with E-state index < -0.39 is 5.54 Å². The Morgan fingerprint density at radius 1 is 1.08 bits per heavy atom. The van der Waals surface area contributed by atoms with Gasteiger partial charge in [0.15, 0.2) is 5.96 Å². The predicted octanol–water partition coefficient (Wildman–Crippen LogP) is 5.11. The summed E-state index contributed by atoms with van der Waals surface area (Å²) in [5, 5.41) is 3.27. The Kier molecular flexibility index (Phi) is 9.08. The van der Waals surface area contributed by atoms with Gasteiger partial charge in [-0.3, -0.25) is 19.5 Å². The third kappa shape index (κ3) is 6.97. The van der Waals surface area contributed by atoms with Crippen LogP contribution in [0.2, 0.25) is 0 Å². The van der Waals surface area contributed by atoms with Gasteiger partial charge in [0.05, 0.1) is 18.0 Å². The molecule has 3 aliphatic rings. The zero-order chi connectivity index (χ0) is 29.0. The van der Waals surface area contributed by atoms with Crippen LogP contribution in [0.1, 0.15) is 79.8 Å². The second-order valence-corrected chi connectivity index (χ2v) is 11.9. The molecule has 1 aromatic heterocycles. The van der Waals surface area contributed by atoms with E-state index in [1.807, 2.05) is 84.0 Å². The molecule has 0 spiro atoms. The number of hydrogen-bond acceptors (Lipinski definition) is 6. The Bertz CT molecular complexity index is 1150. The number of benzene rings is 1. The average molecular weight is 536 g/mol. The van der Waals surface area contributed by atoms with Gasteiger partial charge >= 0.3 is 0 Å². The number of pyridine rings is 1. The first-order valence-electron chi connectivity index (χ1n) is 13.9. The van der Waals surface area contributed by atoms with Crippen LogP contribution in [0.5, 0.6) is 5.75 Å². The highest BCUT2D eigenvalue weighted by molar-refractivity contribution is 5.99. The van der Waals surface area contributed by atoms with Gasteiger partial charge in [-0.15, -0.1) is 0 Å². The molecule has 2 amide bonds. The van der Waals surface area contributed by atoms with E-state index in [0.717, 1.165) is 11.3 Å². The van der Waals surface area contributed by atoms with Gasteiger partial charge in [-0.1, -0.05) is 52.0 Å². The third-order valence-corrected chi connectivity index (χ3v) is 7.76. The first-order valence-corrected chi connectivity index (χ1v) is 13.9. The fraction of sp³-hybridized carbons (Fsp3) is 0.548. The SMILES string of the molecule is CC.CC1C(C(=O)N[C@H]2CC(C)(C)Oc3ccccc32)[C@@]1(C)CN1C(=O)CC(C)(C)N=C1N.c1ccncc1. The van der Waals surface area contributed by atoms with Crippen molar-refractivity contribution in [1.82, 2.24) is 15.2 Å². The van der Waals surface area contributed by atoms with Crippen LogP contribution in [-0.4, -0.2) is 45.3 Å². The Morgan fingerprint density at radius 2 is 1.72 bits per heavy atom. The van der Waals surface area contributed by atoms with Crippen LogP contribution in [-0.2, 0) is 9.59 Å². The van der Waals surface area contributed by atoms with Crippen molar-refractivity contribution in [2.75, 3.05) is 6.54 Å². The van der Waals surface area contributed by atoms with Crippen molar-refractivity contribution < 1.29 is 14.3 Å². The van der Waals surface area contributed by atoms with Gasteiger partial charge in [0.25, 0.3) is 0 Å². The summed E-state index contributed by atoms with van der Waals surface area (Å²) in [6.07, 6.45) is 4.52. The van der Waals surface area contributed by atoms with Crippen LogP contribution >= 0.6 is 0 Å². The quantitative estimate of drug-likeness (QED) is 0.565. The molecule has 5 rings (SSSR count). The summed E-state index contributed by atoms with van der Waals surface area (Å²) < 4.78 is 6.09. The van der Waals surface area contributed by atoms with Crippen molar-refractivity contribution in [3.8, 4) is 5.75 Å². The molecule has 1 aliphatic carbocycles. The molecule has 2 unspecified atom stereocenters. The molecule has 8 heteroatoms. The molecule has 39 heavy (non-hydrogen) atoms. The topological polar surface area (TPSA) is 110 Å². The smallest absolute Gasteiger partial charge is 0.231 e. The number of amides is 2. The van der Waals surface area contributed by atoms with E-state index in [4.69, 9.17) is 10.5 Å². The lowest BCUT2D eigenvalue weighted by Crippen LogP contribution is -2.52. The molecular weight excluding hydrogens is 490 g/mol. The first-order chi connectivity index (χ1) is 18.3. The van der Waals surface area contributed by atoms with Crippen molar-refractivity contribution in [2.24, 2.45) is 28.0 Å². The minimum Gasteiger partial charge on any atom is -0.487 e. The summed E-state index contributed by atoms with van der Waals surface area (Å²) in [5.41, 5.74) is 5.96. The summed E-state index contributed by atoms with van der Waals surface area (Å²) in [5.74, 6) is 1.03. The number of aromatic nitrogens is 1. The number of carbonyl (C=O) groups is 2. The summed E-state index contributed by atoms with van der Waals surface area (Å²) in [6, 6.07) is 13.5. The Labute approximate surface area is 233 Å². The van der Waals surface area contributed by atoms with Crippen molar-refractivity contribution >= 4 is 17.8 Å².